The third kappa shape index (κ3) is 21.3. The Hall–Kier alpha value is -5.44. The van der Waals surface area contributed by atoms with Gasteiger partial charge in [-0.15, -0.1) is 9.05 Å². The van der Waals surface area contributed by atoms with Gasteiger partial charge in [0, 0.05) is 37.1 Å². The molecule has 23 N–H and O–H groups in total. The number of hydrogen-bond donors (Lipinski definition) is 21. The highest BCUT2D eigenvalue weighted by atomic mass is 32.2. The topological polar surface area (TPSA) is 599 Å². The van der Waals surface area contributed by atoms with E-state index in [1.54, 1.807) is 0 Å². The zero-order valence-corrected chi connectivity index (χ0v) is 44.8. The largest absolute Gasteiger partial charge is 0.620 e. The summed E-state index contributed by atoms with van der Waals surface area (Å²) >= 11 is 1.12. The molecule has 0 aliphatic rings. The summed E-state index contributed by atoms with van der Waals surface area (Å²) in [5.74, 6) is -10.9. The number of rotatable bonds is 35. The maximum absolute atomic E-state index is 12.8. The minimum absolute atomic E-state index is 0.0284. The Balaban J connectivity index is 1.39. The smallest absolute Gasteiger partial charge is 0.500 e. The summed E-state index contributed by atoms with van der Waals surface area (Å²) in [7, 11) is -15.9. The molecule has 41 heteroatoms. The average molecular weight is 1200 g/mol. The third-order valence-electron chi connectivity index (χ3n) is 10.2. The highest BCUT2D eigenvalue weighted by molar-refractivity contribution is 7.99. The van der Waals surface area contributed by atoms with Crippen LogP contribution in [0.2, 0.25) is 0 Å². The van der Waals surface area contributed by atoms with Crippen molar-refractivity contribution in [3.63, 3.8) is 0 Å². The number of aromatic hydroxyl groups is 1. The number of nitrogen functional groups attached to an aromatic ring is 1. The van der Waals surface area contributed by atoms with Gasteiger partial charge in [-0.2, -0.15) is 46.0 Å². The first-order valence-electron chi connectivity index (χ1n) is 22.4. The van der Waals surface area contributed by atoms with Gasteiger partial charge in [0.2, 0.25) is 29.4 Å². The van der Waals surface area contributed by atoms with Crippen LogP contribution in [0.5, 0.6) is 11.5 Å². The van der Waals surface area contributed by atoms with Crippen LogP contribution in [0.1, 0.15) is 45.8 Å². The molecule has 3 aromatic heterocycles. The van der Waals surface area contributed by atoms with E-state index in [1.807, 2.05) is 5.32 Å². The number of aliphatic hydroxyl groups is 4. The Morgan fingerprint density at radius 1 is 0.846 bits per heavy atom. The number of imidazole rings is 1. The fraction of sp³-hybridized carbons (Fsp3) is 0.568. The molecular weight excluding hydrogens is 1140 g/mol. The van der Waals surface area contributed by atoms with Gasteiger partial charge in [-0.3, -0.25) is 33.3 Å². The molecule has 0 aromatic carbocycles. The van der Waals surface area contributed by atoms with Crippen molar-refractivity contribution in [2.24, 2.45) is 5.41 Å². The number of nitrogens with zero attached hydrogens (tertiary/aromatic N) is 4. The van der Waals surface area contributed by atoms with Crippen LogP contribution in [-0.4, -0.2) is 212 Å². The number of hydrogen-bond acceptors (Lipinski definition) is 29. The highest BCUT2D eigenvalue weighted by Crippen LogP contribution is 2.70. The number of anilines is 1. The number of aliphatic carboxylic acids is 2. The van der Waals surface area contributed by atoms with Crippen molar-refractivity contribution in [2.45, 2.75) is 83.1 Å². The number of amides is 5. The van der Waals surface area contributed by atoms with Gasteiger partial charge in [0.05, 0.1) is 16.7 Å². The van der Waals surface area contributed by atoms with Gasteiger partial charge in [0.15, 0.2) is 41.6 Å². The molecule has 3 rings (SSSR count). The normalized spacial score (nSPS) is 14.6. The molecule has 3 heterocycles. The maximum Gasteiger partial charge on any atom is 0.620 e. The molecule has 5 amide bonds. The number of carbonyl (C=O) groups excluding carboxylic acids is 5. The highest BCUT2D eigenvalue weighted by Gasteiger charge is 2.61. The van der Waals surface area contributed by atoms with Crippen LogP contribution in [0.25, 0.3) is 17.0 Å². The molecule has 3 aromatic rings. The molecule has 0 spiro atoms. The molecule has 6 atom stereocenters. The molecule has 0 unspecified atom stereocenters. The predicted molar refractivity (Wildman–Crippen MR) is 263 cm³/mol. The van der Waals surface area contributed by atoms with Crippen LogP contribution in [0.3, 0.4) is 0 Å². The lowest BCUT2D eigenvalue weighted by Crippen LogP contribution is -2.99. The zero-order chi connectivity index (χ0) is 58.9. The number of nitrogens with two attached hydrogens (primary N) is 2. The van der Waals surface area contributed by atoms with Crippen LogP contribution in [0.15, 0.2) is 17.1 Å². The fourth-order valence-electron chi connectivity index (χ4n) is 6.11. The molecule has 0 saturated carbocycles. The van der Waals surface area contributed by atoms with Crippen molar-refractivity contribution in [1.29, 1.82) is 0 Å². The number of carboxylic acids is 2. The first-order chi connectivity index (χ1) is 36.2. The Kier molecular flexibility index (Phi) is 25.4. The van der Waals surface area contributed by atoms with Crippen LogP contribution >= 0.6 is 36.3 Å². The second-order valence-corrected chi connectivity index (χ2v) is 22.5. The first-order valence-corrected chi connectivity index (χ1v) is 28.1. The number of quaternary nitrogens is 1. The zero-order valence-electron chi connectivity index (χ0n) is 41.3. The van der Waals surface area contributed by atoms with Crippen molar-refractivity contribution in [2.75, 3.05) is 50.1 Å². The second kappa shape index (κ2) is 29.7. The molecule has 438 valence electrons. The SMILES string of the molecule is C[C@H](NC(=O)[C@H](CO)[NH2+][C@H](O)CSCCNC(=O)CCNC(=O)[C@H](O)C(C)(C)CO[P+](O)(O)O[P+](O)(O)OCc1oc(-n2cnc3c(N)ncnc32)c(O)c1O[P+](O)(O)O)C(=O)N[C@@H](CO)C(=O)N[C@@H](CCC(=O)O)C(=O)O. The summed E-state index contributed by atoms with van der Waals surface area (Å²) < 4.78 is 25.2. The molecule has 0 saturated heterocycles. The maximum atomic E-state index is 12.8. The lowest BCUT2D eigenvalue weighted by molar-refractivity contribution is -0.738. The van der Waals surface area contributed by atoms with Crippen LogP contribution in [-0.2, 0) is 53.5 Å². The fourth-order valence-corrected chi connectivity index (χ4v) is 9.58. The molecule has 37 nitrogen and oxygen atoms in total. The predicted octanol–water partition coefficient (Wildman–Crippen LogP) is -6.99. The van der Waals surface area contributed by atoms with Gasteiger partial charge in [-0.05, 0) is 13.3 Å². The van der Waals surface area contributed by atoms with Crippen molar-refractivity contribution < 1.29 is 131 Å². The lowest BCUT2D eigenvalue weighted by atomic mass is 9.87. The number of thioether (sulfide) groups is 1. The average Bonchev–Trinajstić information content (AvgIpc) is 3.91. The van der Waals surface area contributed by atoms with Gasteiger partial charge in [-0.25, -0.2) is 24.3 Å². The summed E-state index contributed by atoms with van der Waals surface area (Å²) in [5, 5.41) is 81.7. The lowest BCUT2D eigenvalue weighted by Gasteiger charge is -2.28. The van der Waals surface area contributed by atoms with E-state index in [4.69, 9.17) is 24.3 Å². The van der Waals surface area contributed by atoms with Crippen LogP contribution in [0.4, 0.5) is 5.82 Å². The van der Waals surface area contributed by atoms with E-state index in [0.717, 1.165) is 34.3 Å². The van der Waals surface area contributed by atoms with Crippen LogP contribution < -0.4 is 42.2 Å². The number of carbonyl (C=O) groups is 7. The van der Waals surface area contributed by atoms with E-state index in [-0.39, 0.29) is 48.0 Å². The number of aliphatic hydroxyl groups excluding tert-OH is 4. The van der Waals surface area contributed by atoms with Crippen LogP contribution in [0, 0.1) is 5.41 Å². The Morgan fingerprint density at radius 3 is 2.12 bits per heavy atom. The summed E-state index contributed by atoms with van der Waals surface area (Å²) in [6.07, 6.45) is -2.54. The van der Waals surface area contributed by atoms with Crippen molar-refractivity contribution in [3.05, 3.63) is 18.4 Å². The van der Waals surface area contributed by atoms with E-state index in [1.165, 1.54) is 20.8 Å². The number of fused-ring (bicyclic) bond motifs is 1. The molecule has 0 bridgehead atoms. The standard InChI is InChI=1S/C37H58N11O26P3S/c1-17(31(57)47-20(11-50)33(59)46-18(36(61)62)4-5-24(53)54)44-32(58)19(10-49)45-23(52)13-78-9-8-39-22(51)6-7-40-34(60)28(56)37(2,3)14-71-77(68,69)74-76(66,67)70-12-21-27(73-75(63,64)65)26(55)35(72-21)48-16-43-25-29(38)41-15-42-30(25)48/h15-20,23,28,45,49-50,52,56,63-69H,4-14H2,1-3H3,(H7-3,38,39,40,41,42,44,46,47,51,53,54,55,57,58,59,60,61,62)/p+4/t17-,18-,19-,20-,23+,28-/m0/s1. The van der Waals surface area contributed by atoms with E-state index in [0.29, 0.717) is 0 Å². The Bertz CT molecular complexity index is 2550. The molecule has 0 fully saturated rings. The minimum atomic E-state index is -5.37. The van der Waals surface area contributed by atoms with Gasteiger partial charge in [-0.1, -0.05) is 13.8 Å². The van der Waals surface area contributed by atoms with E-state index < -0.39 is 170 Å². The molecule has 0 radical (unpaired) electrons. The number of carboxylic acid groups (broad SMARTS) is 2. The second-order valence-electron chi connectivity index (χ2n) is 17.0. The van der Waals surface area contributed by atoms with Gasteiger partial charge >= 0.3 is 36.4 Å². The van der Waals surface area contributed by atoms with Crippen molar-refractivity contribution >= 4 is 94.7 Å². The van der Waals surface area contributed by atoms with E-state index in [9.17, 15) is 98.5 Å². The summed E-state index contributed by atoms with van der Waals surface area (Å²) in [6, 6.07) is -6.04. The first kappa shape index (κ1) is 66.8. The summed E-state index contributed by atoms with van der Waals surface area (Å²) in [4.78, 5) is 167. The number of furan rings is 1. The number of aromatic nitrogens is 4. The Morgan fingerprint density at radius 2 is 1.50 bits per heavy atom. The molecular formula is C37H62N11O26P3S+4. The number of nitrogens with one attached hydrogen (secondary N) is 5. The van der Waals surface area contributed by atoms with Crippen molar-refractivity contribution in [1.82, 2.24) is 46.1 Å². The summed E-state index contributed by atoms with van der Waals surface area (Å²) in [6.45, 7) is -0.505. The molecule has 0 aliphatic carbocycles. The monoisotopic (exact) mass is 1200 g/mol. The molecule has 78 heavy (non-hydrogen) atoms. The molecule has 0 aliphatic heterocycles. The van der Waals surface area contributed by atoms with E-state index in [2.05, 4.69) is 45.1 Å². The van der Waals surface area contributed by atoms with Gasteiger partial charge in [0.25, 0.3) is 17.5 Å². The van der Waals surface area contributed by atoms with E-state index >= 15 is 0 Å². The quantitative estimate of drug-likeness (QED) is 0.0148. The van der Waals surface area contributed by atoms with Crippen molar-refractivity contribution in [3.8, 4) is 17.4 Å². The third-order valence-corrected chi connectivity index (χ3v) is 14.3. The minimum Gasteiger partial charge on any atom is -0.500 e. The van der Waals surface area contributed by atoms with Gasteiger partial charge in [0.1, 0.15) is 50.1 Å². The Labute approximate surface area is 445 Å². The summed E-state index contributed by atoms with van der Waals surface area (Å²) in [5.41, 5.74) is 4.08. The van der Waals surface area contributed by atoms with Gasteiger partial charge < -0.3 is 77.8 Å².